The molecule has 1 N–H and O–H groups in total. The highest BCUT2D eigenvalue weighted by molar-refractivity contribution is 4.96. The van der Waals surface area contributed by atoms with E-state index in [1.54, 1.807) is 0 Å². The highest BCUT2D eigenvalue weighted by Gasteiger charge is 2.45. The maximum atomic E-state index is 3.71. The highest BCUT2D eigenvalue weighted by Crippen LogP contribution is 2.52. The van der Waals surface area contributed by atoms with E-state index in [-0.39, 0.29) is 0 Å². The minimum atomic E-state index is 0.521. The quantitative estimate of drug-likeness (QED) is 0.668. The van der Waals surface area contributed by atoms with Crippen LogP contribution < -0.4 is 5.32 Å². The van der Waals surface area contributed by atoms with Crippen molar-refractivity contribution in [1.29, 1.82) is 0 Å². The Kier molecular flexibility index (Phi) is 4.18. The molecule has 2 fully saturated rings. The average Bonchev–Trinajstić information content (AvgIpc) is 2.59. The smallest absolute Gasteiger partial charge is 0.00105 e. The van der Waals surface area contributed by atoms with Gasteiger partial charge in [-0.2, -0.15) is 0 Å². The lowest BCUT2D eigenvalue weighted by Crippen LogP contribution is -2.44. The number of nitrogens with one attached hydrogen (secondary N) is 1. The van der Waals surface area contributed by atoms with E-state index in [0.717, 1.165) is 5.92 Å². The van der Waals surface area contributed by atoms with Gasteiger partial charge in [0.15, 0.2) is 0 Å². The van der Waals surface area contributed by atoms with E-state index >= 15 is 0 Å². The molecule has 1 heterocycles. The summed E-state index contributed by atoms with van der Waals surface area (Å²) in [6, 6.07) is 0. The lowest BCUT2D eigenvalue weighted by Gasteiger charge is -2.47. The molecule has 1 saturated carbocycles. The second-order valence-electron chi connectivity index (χ2n) is 7.31. The molecule has 2 aliphatic rings. The van der Waals surface area contributed by atoms with Crippen molar-refractivity contribution >= 4 is 0 Å². The molecule has 1 aliphatic heterocycles. The molecule has 0 amide bonds. The van der Waals surface area contributed by atoms with Crippen LogP contribution in [0.2, 0.25) is 0 Å². The summed E-state index contributed by atoms with van der Waals surface area (Å²) in [6.07, 6.45) is 11.6. The van der Waals surface area contributed by atoms with E-state index < -0.39 is 0 Å². The lowest BCUT2D eigenvalue weighted by atomic mass is 9.59. The molecule has 2 atom stereocenters. The van der Waals surface area contributed by atoms with Gasteiger partial charge in [-0.05, 0) is 49.0 Å². The standard InChI is InChI=1S/C16H31N/c1-14-8-11-17-13-16(3,12-14)15(2)9-6-4-5-7-10-15/h14,17H,4-13H2,1-3H3. The number of rotatable bonds is 1. The fourth-order valence-corrected chi connectivity index (χ4v) is 4.23. The fraction of sp³-hybridized carbons (Fsp3) is 1.00. The van der Waals surface area contributed by atoms with Crippen LogP contribution in [0.3, 0.4) is 0 Å². The summed E-state index contributed by atoms with van der Waals surface area (Å²) in [5, 5.41) is 3.71. The van der Waals surface area contributed by atoms with E-state index in [1.165, 1.54) is 64.5 Å². The van der Waals surface area contributed by atoms with Crippen LogP contribution >= 0.6 is 0 Å². The largest absolute Gasteiger partial charge is 0.316 e. The minimum absolute atomic E-state index is 0.521. The first kappa shape index (κ1) is 13.4. The number of hydrogen-bond donors (Lipinski definition) is 1. The van der Waals surface area contributed by atoms with Gasteiger partial charge in [-0.25, -0.2) is 0 Å². The Hall–Kier alpha value is -0.0400. The molecule has 0 spiro atoms. The van der Waals surface area contributed by atoms with Crippen LogP contribution in [0.25, 0.3) is 0 Å². The van der Waals surface area contributed by atoms with E-state index in [9.17, 15) is 0 Å². The Morgan fingerprint density at radius 2 is 1.59 bits per heavy atom. The Balaban J connectivity index is 2.15. The van der Waals surface area contributed by atoms with Gasteiger partial charge in [-0.1, -0.05) is 46.5 Å². The maximum Gasteiger partial charge on any atom is 0.00105 e. The zero-order valence-electron chi connectivity index (χ0n) is 12.1. The summed E-state index contributed by atoms with van der Waals surface area (Å²) in [4.78, 5) is 0. The average molecular weight is 237 g/mol. The Bertz CT molecular complexity index is 240. The third kappa shape index (κ3) is 2.86. The molecular formula is C16H31N. The van der Waals surface area contributed by atoms with Gasteiger partial charge in [0.05, 0.1) is 0 Å². The van der Waals surface area contributed by atoms with Gasteiger partial charge in [0.1, 0.15) is 0 Å². The third-order valence-electron chi connectivity index (χ3n) is 5.79. The van der Waals surface area contributed by atoms with Gasteiger partial charge in [0.2, 0.25) is 0 Å². The molecule has 0 bridgehead atoms. The Morgan fingerprint density at radius 3 is 2.24 bits per heavy atom. The molecule has 0 aromatic rings. The first-order valence-corrected chi connectivity index (χ1v) is 7.77. The summed E-state index contributed by atoms with van der Waals surface area (Å²) < 4.78 is 0. The van der Waals surface area contributed by atoms with Gasteiger partial charge in [-0.3, -0.25) is 0 Å². The van der Waals surface area contributed by atoms with Crippen molar-refractivity contribution in [2.24, 2.45) is 16.7 Å². The summed E-state index contributed by atoms with van der Waals surface area (Å²) in [5.74, 6) is 0.898. The fourth-order valence-electron chi connectivity index (χ4n) is 4.23. The van der Waals surface area contributed by atoms with E-state index in [1.807, 2.05) is 0 Å². The van der Waals surface area contributed by atoms with Crippen molar-refractivity contribution in [3.63, 3.8) is 0 Å². The molecule has 2 rings (SSSR count). The highest BCUT2D eigenvalue weighted by atomic mass is 14.9. The van der Waals surface area contributed by atoms with Crippen molar-refractivity contribution in [1.82, 2.24) is 5.32 Å². The summed E-state index contributed by atoms with van der Waals surface area (Å²) >= 11 is 0. The molecule has 100 valence electrons. The van der Waals surface area contributed by atoms with Crippen molar-refractivity contribution in [3.8, 4) is 0 Å². The normalized spacial score (nSPS) is 39.4. The van der Waals surface area contributed by atoms with Crippen LogP contribution in [-0.2, 0) is 0 Å². The second-order valence-corrected chi connectivity index (χ2v) is 7.31. The van der Waals surface area contributed by atoms with Gasteiger partial charge in [-0.15, -0.1) is 0 Å². The first-order chi connectivity index (χ1) is 8.06. The van der Waals surface area contributed by atoms with E-state index in [2.05, 4.69) is 26.1 Å². The van der Waals surface area contributed by atoms with Crippen LogP contribution in [0.5, 0.6) is 0 Å². The first-order valence-electron chi connectivity index (χ1n) is 7.77. The maximum absolute atomic E-state index is 3.71. The molecule has 1 saturated heterocycles. The van der Waals surface area contributed by atoms with Crippen molar-refractivity contribution in [2.45, 2.75) is 72.1 Å². The molecule has 1 nitrogen and oxygen atoms in total. The van der Waals surface area contributed by atoms with Crippen LogP contribution in [0.15, 0.2) is 0 Å². The molecule has 0 radical (unpaired) electrons. The SMILES string of the molecule is CC1CCNCC(C)(C2(C)CCCCCC2)C1. The molecule has 0 aromatic carbocycles. The van der Waals surface area contributed by atoms with Gasteiger partial charge >= 0.3 is 0 Å². The zero-order valence-corrected chi connectivity index (χ0v) is 12.1. The second kappa shape index (κ2) is 5.30. The van der Waals surface area contributed by atoms with Crippen LogP contribution in [0, 0.1) is 16.7 Å². The van der Waals surface area contributed by atoms with Gasteiger partial charge in [0, 0.05) is 6.54 Å². The number of hydrogen-bond acceptors (Lipinski definition) is 1. The molecule has 2 unspecified atom stereocenters. The topological polar surface area (TPSA) is 12.0 Å². The molecule has 1 aliphatic carbocycles. The van der Waals surface area contributed by atoms with Crippen LogP contribution in [-0.4, -0.2) is 13.1 Å². The molecule has 1 heteroatoms. The van der Waals surface area contributed by atoms with Gasteiger partial charge < -0.3 is 5.32 Å². The molecular weight excluding hydrogens is 206 g/mol. The monoisotopic (exact) mass is 237 g/mol. The van der Waals surface area contributed by atoms with Crippen LogP contribution in [0.1, 0.15) is 72.1 Å². The van der Waals surface area contributed by atoms with Crippen molar-refractivity contribution < 1.29 is 0 Å². The zero-order chi connectivity index (χ0) is 12.4. The predicted molar refractivity (Wildman–Crippen MR) is 75.2 cm³/mol. The van der Waals surface area contributed by atoms with E-state index in [0.29, 0.717) is 10.8 Å². The Morgan fingerprint density at radius 1 is 0.941 bits per heavy atom. The Labute approximate surface area is 108 Å². The summed E-state index contributed by atoms with van der Waals surface area (Å²) in [6.45, 7) is 10.1. The summed E-state index contributed by atoms with van der Waals surface area (Å²) in [5.41, 5.74) is 1.10. The van der Waals surface area contributed by atoms with Gasteiger partial charge in [0.25, 0.3) is 0 Å². The molecule has 17 heavy (non-hydrogen) atoms. The van der Waals surface area contributed by atoms with E-state index in [4.69, 9.17) is 0 Å². The van der Waals surface area contributed by atoms with Crippen molar-refractivity contribution in [2.75, 3.05) is 13.1 Å². The summed E-state index contributed by atoms with van der Waals surface area (Å²) in [7, 11) is 0. The lowest BCUT2D eigenvalue weighted by molar-refractivity contribution is 0.0361. The predicted octanol–water partition coefficient (Wildman–Crippen LogP) is 4.37. The minimum Gasteiger partial charge on any atom is -0.316 e. The third-order valence-corrected chi connectivity index (χ3v) is 5.79. The van der Waals surface area contributed by atoms with Crippen molar-refractivity contribution in [3.05, 3.63) is 0 Å². The molecule has 0 aromatic heterocycles. The van der Waals surface area contributed by atoms with Crippen LogP contribution in [0.4, 0.5) is 0 Å².